The lowest BCUT2D eigenvalue weighted by atomic mass is 9.86. The molecular weight excluding hydrogens is 270 g/mol. The number of nitrogens with zero attached hydrogens (tertiary/aromatic N) is 1. The second kappa shape index (κ2) is 6.15. The minimum Gasteiger partial charge on any atom is -0.353 e. The van der Waals surface area contributed by atoms with Crippen LogP contribution in [0, 0.1) is 5.92 Å². The molecule has 0 aromatic carbocycles. The molecule has 0 unspecified atom stereocenters. The fraction of sp³-hybridized carbons (Fsp3) is 0.733. The molecule has 116 valence electrons. The number of carbonyl (C=O) groups is 1. The van der Waals surface area contributed by atoms with Crippen LogP contribution in [-0.2, 0) is 20.7 Å². The van der Waals surface area contributed by atoms with E-state index in [4.69, 9.17) is 9.47 Å². The Bertz CT molecular complexity index is 467. The van der Waals surface area contributed by atoms with Crippen molar-refractivity contribution in [1.29, 1.82) is 0 Å². The Balaban J connectivity index is 1.42. The summed E-state index contributed by atoms with van der Waals surface area (Å²) in [7, 11) is 0. The maximum atomic E-state index is 11.8. The number of hydrogen-bond acceptors (Lipinski definition) is 4. The van der Waals surface area contributed by atoms with Crippen molar-refractivity contribution in [3.63, 3.8) is 0 Å². The molecule has 0 bridgehead atoms. The minimum absolute atomic E-state index is 0.0268. The van der Waals surface area contributed by atoms with E-state index in [1.54, 1.807) is 12.3 Å². The summed E-state index contributed by atoms with van der Waals surface area (Å²) in [4.78, 5) is 11.8. The Morgan fingerprint density at radius 1 is 1.52 bits per heavy atom. The van der Waals surface area contributed by atoms with Gasteiger partial charge in [-0.3, -0.25) is 9.89 Å². The summed E-state index contributed by atoms with van der Waals surface area (Å²) in [5.74, 6) is 0.350. The van der Waals surface area contributed by atoms with E-state index in [0.717, 1.165) is 37.3 Å². The van der Waals surface area contributed by atoms with Crippen molar-refractivity contribution >= 4 is 5.91 Å². The van der Waals surface area contributed by atoms with Gasteiger partial charge in [-0.05, 0) is 24.8 Å². The van der Waals surface area contributed by atoms with E-state index in [2.05, 4.69) is 22.4 Å². The maximum absolute atomic E-state index is 11.8. The summed E-state index contributed by atoms with van der Waals surface area (Å²) in [5, 5.41) is 9.51. The van der Waals surface area contributed by atoms with E-state index in [-0.39, 0.29) is 17.8 Å². The van der Waals surface area contributed by atoms with Crippen molar-refractivity contribution in [1.82, 2.24) is 15.5 Å². The second-order valence-corrected chi connectivity index (χ2v) is 6.21. The zero-order valence-corrected chi connectivity index (χ0v) is 12.4. The average Bonchev–Trinajstić information content (AvgIpc) is 3.11. The van der Waals surface area contributed by atoms with Crippen molar-refractivity contribution in [3.05, 3.63) is 18.0 Å². The number of amides is 1. The third-order valence-electron chi connectivity index (χ3n) is 4.39. The van der Waals surface area contributed by atoms with Gasteiger partial charge in [0.25, 0.3) is 0 Å². The third-order valence-corrected chi connectivity index (χ3v) is 4.39. The molecule has 2 N–H and O–H groups in total. The molecule has 6 nitrogen and oxygen atoms in total. The van der Waals surface area contributed by atoms with Crippen LogP contribution in [-0.4, -0.2) is 41.1 Å². The molecule has 1 amide bonds. The Morgan fingerprint density at radius 3 is 3.05 bits per heavy atom. The number of hydrogen-bond donors (Lipinski definition) is 2. The number of H-pyrrole nitrogens is 1. The molecular formula is C15H23N3O3. The van der Waals surface area contributed by atoms with E-state index < -0.39 is 0 Å². The van der Waals surface area contributed by atoms with E-state index in [1.807, 2.05) is 0 Å². The fourth-order valence-corrected chi connectivity index (χ4v) is 3.03. The van der Waals surface area contributed by atoms with Gasteiger partial charge >= 0.3 is 0 Å². The molecule has 1 saturated heterocycles. The van der Waals surface area contributed by atoms with Crippen molar-refractivity contribution in [2.75, 3.05) is 13.2 Å². The molecule has 1 aliphatic carbocycles. The highest BCUT2D eigenvalue weighted by atomic mass is 16.7. The summed E-state index contributed by atoms with van der Waals surface area (Å²) >= 11 is 0. The first-order valence-corrected chi connectivity index (χ1v) is 7.72. The maximum Gasteiger partial charge on any atom is 0.226 e. The van der Waals surface area contributed by atoms with Gasteiger partial charge in [-0.1, -0.05) is 6.92 Å². The van der Waals surface area contributed by atoms with E-state index in [9.17, 15) is 4.79 Å². The van der Waals surface area contributed by atoms with Gasteiger partial charge in [0, 0.05) is 31.3 Å². The summed E-state index contributed by atoms with van der Waals surface area (Å²) in [6, 6.07) is 1.80. The van der Waals surface area contributed by atoms with E-state index >= 15 is 0 Å². The molecule has 1 aromatic rings. The zero-order valence-electron chi connectivity index (χ0n) is 12.4. The SMILES string of the molecule is CC1CCC2(CC1)OC[C@H](CNC(=O)Cc1ccn[nH]1)O2. The molecule has 21 heavy (non-hydrogen) atoms. The zero-order chi connectivity index (χ0) is 14.7. The van der Waals surface area contributed by atoms with Crippen molar-refractivity contribution in [2.45, 2.75) is 50.9 Å². The molecule has 2 heterocycles. The van der Waals surface area contributed by atoms with Gasteiger partial charge < -0.3 is 14.8 Å². The Kier molecular flexibility index (Phi) is 4.26. The van der Waals surface area contributed by atoms with Gasteiger partial charge in [-0.2, -0.15) is 5.10 Å². The average molecular weight is 293 g/mol. The van der Waals surface area contributed by atoms with Crippen LogP contribution in [0.5, 0.6) is 0 Å². The quantitative estimate of drug-likeness (QED) is 0.879. The monoisotopic (exact) mass is 293 g/mol. The van der Waals surface area contributed by atoms with Crippen LogP contribution >= 0.6 is 0 Å². The van der Waals surface area contributed by atoms with Crippen molar-refractivity contribution < 1.29 is 14.3 Å². The molecule has 1 saturated carbocycles. The Hall–Kier alpha value is -1.40. The summed E-state index contributed by atoms with van der Waals surface area (Å²) in [6.45, 7) is 3.35. The Labute approximate surface area is 124 Å². The van der Waals surface area contributed by atoms with Gasteiger partial charge in [0.15, 0.2) is 5.79 Å². The van der Waals surface area contributed by atoms with Crippen molar-refractivity contribution in [3.8, 4) is 0 Å². The van der Waals surface area contributed by atoms with Crippen LogP contribution in [0.4, 0.5) is 0 Å². The lowest BCUT2D eigenvalue weighted by Gasteiger charge is -2.34. The van der Waals surface area contributed by atoms with Crippen LogP contribution in [0.3, 0.4) is 0 Å². The minimum atomic E-state index is -0.384. The summed E-state index contributed by atoms with van der Waals surface area (Å²) in [5.41, 5.74) is 0.814. The normalized spacial score (nSPS) is 32.4. The van der Waals surface area contributed by atoms with Gasteiger partial charge in [0.05, 0.1) is 13.0 Å². The highest BCUT2D eigenvalue weighted by Crippen LogP contribution is 2.39. The number of carbonyl (C=O) groups excluding carboxylic acids is 1. The van der Waals surface area contributed by atoms with Crippen LogP contribution in [0.2, 0.25) is 0 Å². The van der Waals surface area contributed by atoms with Crippen LogP contribution in [0.1, 0.15) is 38.3 Å². The molecule has 0 radical (unpaired) electrons. The van der Waals surface area contributed by atoms with Crippen LogP contribution in [0.15, 0.2) is 12.3 Å². The van der Waals surface area contributed by atoms with Crippen molar-refractivity contribution in [2.24, 2.45) is 5.92 Å². The number of ether oxygens (including phenoxy) is 2. The topological polar surface area (TPSA) is 76.2 Å². The van der Waals surface area contributed by atoms with Gasteiger partial charge in [0.2, 0.25) is 5.91 Å². The third kappa shape index (κ3) is 3.63. The second-order valence-electron chi connectivity index (χ2n) is 6.21. The molecule has 2 fully saturated rings. The van der Waals surface area contributed by atoms with E-state index in [0.29, 0.717) is 19.6 Å². The highest BCUT2D eigenvalue weighted by molar-refractivity contribution is 5.78. The lowest BCUT2D eigenvalue weighted by Crippen LogP contribution is -2.38. The first-order chi connectivity index (χ1) is 10.2. The molecule has 1 aromatic heterocycles. The smallest absolute Gasteiger partial charge is 0.226 e. The lowest BCUT2D eigenvalue weighted by molar-refractivity contribution is -0.191. The molecule has 1 atom stereocenters. The molecule has 1 spiro atoms. The first-order valence-electron chi connectivity index (χ1n) is 7.72. The number of rotatable bonds is 4. The summed E-state index contributed by atoms with van der Waals surface area (Å²) in [6.07, 6.45) is 6.15. The molecule has 3 rings (SSSR count). The van der Waals surface area contributed by atoms with Crippen LogP contribution < -0.4 is 5.32 Å². The fourth-order valence-electron chi connectivity index (χ4n) is 3.03. The van der Waals surface area contributed by atoms with Gasteiger partial charge in [-0.15, -0.1) is 0 Å². The molecule has 6 heteroatoms. The number of nitrogens with one attached hydrogen (secondary N) is 2. The summed E-state index contributed by atoms with van der Waals surface area (Å²) < 4.78 is 12.0. The first kappa shape index (κ1) is 14.5. The standard InChI is InChI=1S/C15H23N3O3/c1-11-2-5-15(6-3-11)20-10-13(21-15)9-16-14(19)8-12-4-7-17-18-12/h4,7,11,13H,2-3,5-6,8-10H2,1H3,(H,16,19)(H,17,18)/t11?,13-,15?/m0/s1. The molecule has 2 aliphatic rings. The van der Waals surface area contributed by atoms with Crippen LogP contribution in [0.25, 0.3) is 0 Å². The molecule has 1 aliphatic heterocycles. The van der Waals surface area contributed by atoms with Gasteiger partial charge in [-0.25, -0.2) is 0 Å². The number of aromatic nitrogens is 2. The number of aromatic amines is 1. The Morgan fingerprint density at radius 2 is 2.33 bits per heavy atom. The predicted octanol–water partition coefficient (Wildman–Crippen LogP) is 1.39. The van der Waals surface area contributed by atoms with Gasteiger partial charge in [0.1, 0.15) is 6.10 Å². The predicted molar refractivity (Wildman–Crippen MR) is 76.5 cm³/mol. The largest absolute Gasteiger partial charge is 0.353 e. The van der Waals surface area contributed by atoms with E-state index in [1.165, 1.54) is 0 Å². The highest BCUT2D eigenvalue weighted by Gasteiger charge is 2.43.